The molecule has 5 aromatic rings. The quantitative estimate of drug-likeness (QED) is 0.128. The molecule has 0 aromatic heterocycles. The number of carbonyl (C=O) groups is 1. The van der Waals surface area contributed by atoms with Crippen LogP contribution in [0.15, 0.2) is 136 Å². The van der Waals surface area contributed by atoms with Crippen molar-refractivity contribution in [2.24, 2.45) is 0 Å². The van der Waals surface area contributed by atoms with Crippen LogP contribution in [0, 0.1) is 11.6 Å². The summed E-state index contributed by atoms with van der Waals surface area (Å²) in [5.41, 5.74) is 0. The molecule has 0 atom stereocenters. The van der Waals surface area contributed by atoms with Gasteiger partial charge in [0.05, 0.1) is 0 Å². The number of ether oxygens (including phenoxy) is 2. The minimum Gasteiger partial charge on any atom is -1.00 e. The zero-order chi connectivity index (χ0) is 29.9. The topological polar surface area (TPSA) is 88.1 Å². The fraction of sp³-hybridized carbons (Fsp3) is 0. The predicted octanol–water partition coefficient (Wildman–Crippen LogP) is 2.71. The molecule has 0 saturated heterocycles. The molecule has 0 aliphatic heterocycles. The van der Waals surface area contributed by atoms with E-state index in [0.717, 1.165) is 33.5 Å². The standard InChI is InChI=1S/C18H13BrO2.C6H3BrF2.C6H6O.CH2O3.2K.H/c19-14-11-17(20-15-7-3-1-4-8-15)13-18(12-14)21-16-9-5-2-6-10-16;7-4-1-5(8)3-6(9)2-4;7-6-4-2-1-3-5-6;2-1-4-3;;;/h1-13H;1-3H;1-5,7H;1,3H;;;/q;;;;2*+1;-1/p-1. The predicted molar refractivity (Wildman–Crippen MR) is 158 cm³/mol. The van der Waals surface area contributed by atoms with Gasteiger partial charge in [0.25, 0.3) is 6.47 Å². The molecule has 0 fully saturated rings. The van der Waals surface area contributed by atoms with Crippen molar-refractivity contribution in [1.82, 2.24) is 0 Å². The molecule has 214 valence electrons. The fourth-order valence-electron chi connectivity index (χ4n) is 2.85. The van der Waals surface area contributed by atoms with E-state index in [1.807, 2.05) is 84.9 Å². The van der Waals surface area contributed by atoms with Crippen LogP contribution in [0.4, 0.5) is 8.78 Å². The van der Waals surface area contributed by atoms with E-state index < -0.39 is 11.6 Å². The SMILES string of the molecule is Brc1cc(Oc2ccccc2)cc(Oc2ccccc2)c1.Fc1cc(F)cc(Br)c1.O=CO[O-].Oc1ccccc1.[H-].[K+].[K+]. The Morgan fingerprint density at radius 3 is 1.26 bits per heavy atom. The van der Waals surface area contributed by atoms with Gasteiger partial charge in [-0.2, -0.15) is 0 Å². The van der Waals surface area contributed by atoms with Gasteiger partial charge in [-0.3, -0.25) is 4.79 Å². The second-order valence-electron chi connectivity index (χ2n) is 7.57. The molecule has 0 aliphatic carbocycles. The Bertz CT molecular complexity index is 1350. The van der Waals surface area contributed by atoms with E-state index in [1.165, 1.54) is 12.1 Å². The average Bonchev–Trinajstić information content (AvgIpc) is 2.94. The van der Waals surface area contributed by atoms with Crippen LogP contribution < -0.4 is 118 Å². The summed E-state index contributed by atoms with van der Waals surface area (Å²) >= 11 is 6.41. The molecule has 0 saturated carbocycles. The number of phenolic OH excluding ortho intramolecular Hbond substituents is 1. The van der Waals surface area contributed by atoms with Gasteiger partial charge in [-0.1, -0.05) is 86.5 Å². The summed E-state index contributed by atoms with van der Waals surface area (Å²) in [6, 6.07) is 36.9. The number of phenols is 1. The third kappa shape index (κ3) is 19.9. The van der Waals surface area contributed by atoms with E-state index in [-0.39, 0.29) is 111 Å². The van der Waals surface area contributed by atoms with Crippen LogP contribution in [-0.2, 0) is 9.68 Å². The third-order valence-electron chi connectivity index (χ3n) is 4.43. The Morgan fingerprint density at radius 2 is 0.953 bits per heavy atom. The summed E-state index contributed by atoms with van der Waals surface area (Å²) in [5, 5.41) is 17.1. The van der Waals surface area contributed by atoms with Crippen molar-refractivity contribution in [3.63, 3.8) is 0 Å². The molecule has 6 nitrogen and oxygen atoms in total. The molecule has 0 aliphatic rings. The van der Waals surface area contributed by atoms with Crippen LogP contribution in [0.25, 0.3) is 0 Å². The van der Waals surface area contributed by atoms with Crippen LogP contribution in [0.5, 0.6) is 28.7 Å². The van der Waals surface area contributed by atoms with E-state index >= 15 is 0 Å². The number of benzene rings is 5. The molecule has 12 heteroatoms. The summed E-state index contributed by atoms with van der Waals surface area (Å²) in [7, 11) is 0. The van der Waals surface area contributed by atoms with Crippen molar-refractivity contribution in [2.45, 2.75) is 0 Å². The van der Waals surface area contributed by atoms with Crippen molar-refractivity contribution in [2.75, 3.05) is 0 Å². The molecule has 1 N–H and O–H groups in total. The maximum Gasteiger partial charge on any atom is 1.00 e. The van der Waals surface area contributed by atoms with Gasteiger partial charge in [-0.15, -0.1) is 0 Å². The van der Waals surface area contributed by atoms with E-state index in [0.29, 0.717) is 10.2 Å². The third-order valence-corrected chi connectivity index (χ3v) is 5.34. The van der Waals surface area contributed by atoms with Crippen molar-refractivity contribution < 1.29 is 142 Å². The molecule has 5 rings (SSSR count). The smallest absolute Gasteiger partial charge is 1.00 e. The van der Waals surface area contributed by atoms with Gasteiger partial charge in [0.1, 0.15) is 40.4 Å². The van der Waals surface area contributed by atoms with Gasteiger partial charge in [0.2, 0.25) is 0 Å². The Morgan fingerprint density at radius 1 is 0.605 bits per heavy atom. The van der Waals surface area contributed by atoms with Gasteiger partial charge in [0.15, 0.2) is 0 Å². The van der Waals surface area contributed by atoms with Crippen LogP contribution in [0.2, 0.25) is 0 Å². The molecule has 5 aromatic carbocycles. The maximum absolute atomic E-state index is 12.2. The average molecular weight is 769 g/mol. The molecule has 0 spiro atoms. The Kier molecular flexibility index (Phi) is 24.7. The fourth-order valence-corrected chi connectivity index (χ4v) is 3.74. The van der Waals surface area contributed by atoms with Gasteiger partial charge >= 0.3 is 103 Å². The van der Waals surface area contributed by atoms with Crippen molar-refractivity contribution in [3.05, 3.63) is 148 Å². The van der Waals surface area contributed by atoms with Crippen molar-refractivity contribution in [3.8, 4) is 28.7 Å². The van der Waals surface area contributed by atoms with Gasteiger partial charge < -0.3 is 26.2 Å². The second-order valence-corrected chi connectivity index (χ2v) is 9.40. The molecule has 0 radical (unpaired) electrons. The molecule has 0 amide bonds. The molecular weight excluding hydrogens is 744 g/mol. The summed E-state index contributed by atoms with van der Waals surface area (Å²) in [6.07, 6.45) is 0. The number of halogens is 4. The van der Waals surface area contributed by atoms with Crippen LogP contribution >= 0.6 is 31.9 Å². The summed E-state index contributed by atoms with van der Waals surface area (Å²) in [6.45, 7) is -0.181. The first-order valence-electron chi connectivity index (χ1n) is 11.6. The monoisotopic (exact) mass is 766 g/mol. The first kappa shape index (κ1) is 42.0. The Labute approximate surface area is 351 Å². The van der Waals surface area contributed by atoms with Crippen molar-refractivity contribution >= 4 is 38.3 Å². The largest absolute Gasteiger partial charge is 1.00 e. The van der Waals surface area contributed by atoms with Gasteiger partial charge in [0, 0.05) is 21.1 Å². The van der Waals surface area contributed by atoms with Crippen molar-refractivity contribution in [1.29, 1.82) is 0 Å². The van der Waals surface area contributed by atoms with E-state index in [4.69, 9.17) is 24.6 Å². The molecule has 43 heavy (non-hydrogen) atoms. The van der Waals surface area contributed by atoms with Gasteiger partial charge in [-0.25, -0.2) is 8.78 Å². The zero-order valence-electron chi connectivity index (χ0n) is 24.2. The second kappa shape index (κ2) is 25.2. The number of rotatable bonds is 5. The Balaban J connectivity index is 0. The first-order chi connectivity index (χ1) is 19.8. The van der Waals surface area contributed by atoms with Crippen LogP contribution in [-0.4, -0.2) is 11.6 Å². The molecule has 0 bridgehead atoms. The summed E-state index contributed by atoms with van der Waals surface area (Å²) < 4.78 is 37.3. The number of hydrogen-bond donors (Lipinski definition) is 1. The number of hydrogen-bond acceptors (Lipinski definition) is 6. The molecule has 0 unspecified atom stereocenters. The number of carbonyl (C=O) groups excluding carboxylic acids is 1. The van der Waals surface area contributed by atoms with Crippen LogP contribution in [0.1, 0.15) is 1.43 Å². The van der Waals surface area contributed by atoms with E-state index in [1.54, 1.807) is 24.3 Å². The minimum absolute atomic E-state index is 0. The van der Waals surface area contributed by atoms with E-state index in [9.17, 15) is 8.78 Å². The number of para-hydroxylation sites is 3. The van der Waals surface area contributed by atoms with Gasteiger partial charge in [-0.05, 0) is 60.7 Å². The zero-order valence-corrected chi connectivity index (χ0v) is 32.6. The normalized spacial score (nSPS) is 8.86. The summed E-state index contributed by atoms with van der Waals surface area (Å²) in [4.78, 5) is 11.2. The molecule has 0 heterocycles. The Hall–Kier alpha value is -0.977. The number of aromatic hydroxyl groups is 1. The summed E-state index contributed by atoms with van der Waals surface area (Å²) in [5.74, 6) is 2.22. The first-order valence-corrected chi connectivity index (χ1v) is 13.2. The minimum atomic E-state index is -0.568. The van der Waals surface area contributed by atoms with E-state index in [2.05, 4.69) is 36.7 Å². The maximum atomic E-state index is 12.2. The molecular formula is C31H24Br2F2K2O6. The van der Waals surface area contributed by atoms with Crippen LogP contribution in [0.3, 0.4) is 0 Å².